The molecular weight excluding hydrogens is 266 g/mol. The third kappa shape index (κ3) is 3.44. The first-order valence-corrected chi connectivity index (χ1v) is 8.55. The lowest BCUT2D eigenvalue weighted by molar-refractivity contribution is 0.0842. The average molecular weight is 291 g/mol. The summed E-state index contributed by atoms with van der Waals surface area (Å²) in [5, 5.41) is 0.679. The van der Waals surface area contributed by atoms with E-state index in [0.29, 0.717) is 5.25 Å². The lowest BCUT2D eigenvalue weighted by atomic mass is 9.99. The number of aryl methyl sites for hydroxylation is 2. The highest BCUT2D eigenvalue weighted by atomic mass is 32.2. The number of thioether (sulfide) groups is 1. The highest BCUT2D eigenvalue weighted by Gasteiger charge is 2.27. The van der Waals surface area contributed by atoms with Crippen LogP contribution in [0.5, 0.6) is 0 Å². The molecule has 1 aliphatic heterocycles. The summed E-state index contributed by atoms with van der Waals surface area (Å²) < 4.78 is 0. The minimum Gasteiger partial charge on any atom is -0.292 e. The van der Waals surface area contributed by atoms with Gasteiger partial charge >= 0.3 is 0 Å². The van der Waals surface area contributed by atoms with Gasteiger partial charge in [-0.2, -0.15) is 11.8 Å². The van der Waals surface area contributed by atoms with Crippen LogP contribution in [0.1, 0.15) is 41.8 Å². The fraction of sp³-hybridized carbons (Fsp3) is 0.588. The zero-order valence-corrected chi connectivity index (χ0v) is 13.8. The van der Waals surface area contributed by atoms with E-state index < -0.39 is 0 Å². The summed E-state index contributed by atoms with van der Waals surface area (Å²) in [7, 11) is 0. The highest BCUT2D eigenvalue weighted by molar-refractivity contribution is 8.00. The van der Waals surface area contributed by atoms with Gasteiger partial charge in [-0.25, -0.2) is 0 Å². The Morgan fingerprint density at radius 2 is 2.15 bits per heavy atom. The molecule has 2 unspecified atom stereocenters. The molecular formula is C17H25NOS. The molecule has 2 nitrogen and oxygen atoms in total. The van der Waals surface area contributed by atoms with Gasteiger partial charge in [-0.15, -0.1) is 0 Å². The predicted molar refractivity (Wildman–Crippen MR) is 87.8 cm³/mol. The van der Waals surface area contributed by atoms with Crippen molar-refractivity contribution in [3.8, 4) is 0 Å². The number of ketones is 1. The summed E-state index contributed by atoms with van der Waals surface area (Å²) in [5.74, 6) is 1.40. The van der Waals surface area contributed by atoms with Crippen LogP contribution in [0.4, 0.5) is 0 Å². The van der Waals surface area contributed by atoms with Crippen molar-refractivity contribution in [1.29, 1.82) is 0 Å². The third-order valence-electron chi connectivity index (χ3n) is 4.34. The van der Waals surface area contributed by atoms with Crippen molar-refractivity contribution in [2.75, 3.05) is 18.8 Å². The standard InChI is InChI=1S/C17H25NOS/c1-5-16-11-18(8-9-20-16)14(4)17(19)15-7-6-12(2)13(3)10-15/h6-7,10,14,16H,5,8-9,11H2,1-4H3. The van der Waals surface area contributed by atoms with Gasteiger partial charge in [-0.1, -0.05) is 19.1 Å². The maximum Gasteiger partial charge on any atom is 0.179 e. The van der Waals surface area contributed by atoms with Crippen molar-refractivity contribution in [3.63, 3.8) is 0 Å². The molecule has 20 heavy (non-hydrogen) atoms. The summed E-state index contributed by atoms with van der Waals surface area (Å²) >= 11 is 2.04. The van der Waals surface area contributed by atoms with Gasteiger partial charge in [0.05, 0.1) is 6.04 Å². The van der Waals surface area contributed by atoms with Gasteiger partial charge in [0.15, 0.2) is 5.78 Å². The van der Waals surface area contributed by atoms with Gasteiger partial charge in [0.1, 0.15) is 0 Å². The number of hydrogen-bond acceptors (Lipinski definition) is 3. The lowest BCUT2D eigenvalue weighted by Gasteiger charge is -2.35. The SMILES string of the molecule is CCC1CN(C(C)C(=O)c2ccc(C)c(C)c2)CCS1. The molecule has 0 spiro atoms. The van der Waals surface area contributed by atoms with Crippen LogP contribution in [0, 0.1) is 13.8 Å². The van der Waals surface area contributed by atoms with Gasteiger partial charge in [0, 0.05) is 29.7 Å². The van der Waals surface area contributed by atoms with Gasteiger partial charge in [-0.3, -0.25) is 9.69 Å². The monoisotopic (exact) mass is 291 g/mol. The average Bonchev–Trinajstić information content (AvgIpc) is 2.48. The van der Waals surface area contributed by atoms with E-state index in [2.05, 4.69) is 38.7 Å². The van der Waals surface area contributed by atoms with E-state index in [9.17, 15) is 4.79 Å². The normalized spacial score (nSPS) is 21.7. The molecule has 0 bridgehead atoms. The molecule has 3 heteroatoms. The molecule has 1 fully saturated rings. The number of rotatable bonds is 4. The Bertz CT molecular complexity index is 486. The Labute approximate surface area is 126 Å². The summed E-state index contributed by atoms with van der Waals surface area (Å²) in [4.78, 5) is 15.0. The molecule has 1 aliphatic rings. The molecule has 1 aromatic carbocycles. The lowest BCUT2D eigenvalue weighted by Crippen LogP contribution is -2.46. The minimum absolute atomic E-state index is 0.00736. The number of carbonyl (C=O) groups excluding carboxylic acids is 1. The van der Waals surface area contributed by atoms with Crippen LogP contribution < -0.4 is 0 Å². The summed E-state index contributed by atoms with van der Waals surface area (Å²) in [6.45, 7) is 10.5. The first-order chi connectivity index (χ1) is 9.52. The van der Waals surface area contributed by atoms with Crippen LogP contribution in [0.15, 0.2) is 18.2 Å². The molecule has 2 atom stereocenters. The van der Waals surface area contributed by atoms with Crippen molar-refractivity contribution < 1.29 is 4.79 Å². The molecule has 0 N–H and O–H groups in total. The van der Waals surface area contributed by atoms with Crippen LogP contribution in [-0.4, -0.2) is 40.8 Å². The van der Waals surface area contributed by atoms with E-state index in [1.165, 1.54) is 17.5 Å². The maximum atomic E-state index is 12.7. The van der Waals surface area contributed by atoms with Gasteiger partial charge in [-0.05, 0) is 44.4 Å². The number of nitrogens with zero attached hydrogens (tertiary/aromatic N) is 1. The molecule has 0 aromatic heterocycles. The smallest absolute Gasteiger partial charge is 0.179 e. The van der Waals surface area contributed by atoms with Gasteiger partial charge in [0.25, 0.3) is 0 Å². The number of carbonyl (C=O) groups is 1. The number of benzene rings is 1. The second-order valence-electron chi connectivity index (χ2n) is 5.74. The Kier molecular flexibility index (Phi) is 5.28. The maximum absolute atomic E-state index is 12.7. The van der Waals surface area contributed by atoms with Crippen LogP contribution in [0.25, 0.3) is 0 Å². The Morgan fingerprint density at radius 1 is 1.40 bits per heavy atom. The molecule has 0 amide bonds. The number of hydrogen-bond donors (Lipinski definition) is 0. The fourth-order valence-corrected chi connectivity index (χ4v) is 3.85. The van der Waals surface area contributed by atoms with Crippen molar-refractivity contribution in [3.05, 3.63) is 34.9 Å². The van der Waals surface area contributed by atoms with E-state index in [0.717, 1.165) is 24.4 Å². The second kappa shape index (κ2) is 6.77. The van der Waals surface area contributed by atoms with Crippen molar-refractivity contribution >= 4 is 17.5 Å². The Morgan fingerprint density at radius 3 is 2.80 bits per heavy atom. The van der Waals surface area contributed by atoms with E-state index in [4.69, 9.17) is 0 Å². The van der Waals surface area contributed by atoms with E-state index in [1.807, 2.05) is 23.9 Å². The molecule has 1 saturated heterocycles. The molecule has 110 valence electrons. The summed E-state index contributed by atoms with van der Waals surface area (Å²) in [6.07, 6.45) is 1.19. The molecule has 0 saturated carbocycles. The van der Waals surface area contributed by atoms with Crippen molar-refractivity contribution in [2.45, 2.75) is 45.4 Å². The highest BCUT2D eigenvalue weighted by Crippen LogP contribution is 2.24. The topological polar surface area (TPSA) is 20.3 Å². The van der Waals surface area contributed by atoms with E-state index >= 15 is 0 Å². The quantitative estimate of drug-likeness (QED) is 0.789. The predicted octanol–water partition coefficient (Wildman–Crippen LogP) is 3.70. The van der Waals surface area contributed by atoms with Crippen molar-refractivity contribution in [1.82, 2.24) is 4.90 Å². The Hall–Kier alpha value is -0.800. The zero-order chi connectivity index (χ0) is 14.7. The molecule has 1 heterocycles. The minimum atomic E-state index is -0.00736. The van der Waals surface area contributed by atoms with E-state index in [-0.39, 0.29) is 11.8 Å². The number of Topliss-reactive ketones (excluding diaryl/α,β-unsaturated/α-hetero) is 1. The molecule has 2 rings (SSSR count). The Balaban J connectivity index is 2.09. The first kappa shape index (κ1) is 15.6. The van der Waals surface area contributed by atoms with Gasteiger partial charge < -0.3 is 0 Å². The van der Waals surface area contributed by atoms with Gasteiger partial charge in [0.2, 0.25) is 0 Å². The third-order valence-corrected chi connectivity index (χ3v) is 5.72. The first-order valence-electron chi connectivity index (χ1n) is 7.50. The largest absolute Gasteiger partial charge is 0.292 e. The van der Waals surface area contributed by atoms with Crippen LogP contribution >= 0.6 is 11.8 Å². The van der Waals surface area contributed by atoms with Crippen LogP contribution in [-0.2, 0) is 0 Å². The van der Waals surface area contributed by atoms with Crippen molar-refractivity contribution in [2.24, 2.45) is 0 Å². The zero-order valence-electron chi connectivity index (χ0n) is 13.0. The van der Waals surface area contributed by atoms with E-state index in [1.54, 1.807) is 0 Å². The molecule has 0 aliphatic carbocycles. The molecule has 1 aromatic rings. The fourth-order valence-electron chi connectivity index (χ4n) is 2.64. The second-order valence-corrected chi connectivity index (χ2v) is 7.14. The van der Waals surface area contributed by atoms with Crippen LogP contribution in [0.3, 0.4) is 0 Å². The summed E-state index contributed by atoms with van der Waals surface area (Å²) in [6, 6.07) is 6.05. The van der Waals surface area contributed by atoms with Crippen LogP contribution in [0.2, 0.25) is 0 Å². The summed E-state index contributed by atoms with van der Waals surface area (Å²) in [5.41, 5.74) is 3.30. The molecule has 0 radical (unpaired) electrons.